The van der Waals surface area contributed by atoms with Crippen molar-refractivity contribution < 1.29 is 37.1 Å². The number of anilines is 2. The number of hydrogen-bond donors (Lipinski definition) is 3. The summed E-state index contributed by atoms with van der Waals surface area (Å²) in [5.74, 6) is -0.983. The first-order valence-corrected chi connectivity index (χ1v) is 16.8. The summed E-state index contributed by atoms with van der Waals surface area (Å²) in [5, 5.41) is 9.89. The maximum Gasteiger partial charge on any atom is 0.272 e. The van der Waals surface area contributed by atoms with E-state index in [0.717, 1.165) is 4.90 Å². The molecule has 4 N–H and O–H groups in total. The predicted molar refractivity (Wildman–Crippen MR) is 181 cm³/mol. The number of nitrogens with two attached hydrogens (primary N) is 1. The summed E-state index contributed by atoms with van der Waals surface area (Å²) in [4.78, 5) is 54.0. The number of carbonyl (C=O) groups is 4. The third-order valence-electron chi connectivity index (χ3n) is 7.18. The zero-order valence-electron chi connectivity index (χ0n) is 25.7. The number of primary sulfonamides is 1. The van der Waals surface area contributed by atoms with Crippen LogP contribution >= 0.6 is 11.8 Å². The molecule has 4 aromatic carbocycles. The topological polar surface area (TPSA) is 174 Å². The summed E-state index contributed by atoms with van der Waals surface area (Å²) in [7, 11) is -0.927. The molecule has 0 bridgehead atoms. The predicted octanol–water partition coefficient (Wildman–Crippen LogP) is 4.19. The Labute approximate surface area is 281 Å². The molecule has 1 fully saturated rings. The van der Waals surface area contributed by atoms with E-state index in [1.807, 2.05) is 0 Å². The second-order valence-corrected chi connectivity index (χ2v) is 13.2. The van der Waals surface area contributed by atoms with Crippen LogP contribution in [0.5, 0.6) is 11.5 Å². The molecule has 246 valence electrons. The van der Waals surface area contributed by atoms with Gasteiger partial charge < -0.3 is 20.1 Å². The lowest BCUT2D eigenvalue weighted by atomic mass is 10.1. The highest BCUT2D eigenvalue weighted by Crippen LogP contribution is 2.35. The van der Waals surface area contributed by atoms with Crippen molar-refractivity contribution in [2.45, 2.75) is 21.5 Å². The molecule has 0 aliphatic carbocycles. The van der Waals surface area contributed by atoms with Crippen LogP contribution in [0.15, 0.2) is 113 Å². The number of imide groups is 1. The number of thioether (sulfide) groups is 1. The smallest absolute Gasteiger partial charge is 0.272 e. The molecule has 0 saturated carbocycles. The second kappa shape index (κ2) is 14.5. The molecule has 12 nitrogen and oxygen atoms in total. The van der Waals surface area contributed by atoms with Crippen molar-refractivity contribution in [1.82, 2.24) is 5.32 Å². The quantitative estimate of drug-likeness (QED) is 0.154. The lowest BCUT2D eigenvalue weighted by Crippen LogP contribution is -2.31. The van der Waals surface area contributed by atoms with Crippen LogP contribution in [0.3, 0.4) is 0 Å². The highest BCUT2D eigenvalue weighted by molar-refractivity contribution is 8.00. The summed E-state index contributed by atoms with van der Waals surface area (Å²) in [6, 6.07) is 25.3. The van der Waals surface area contributed by atoms with Crippen molar-refractivity contribution in [2.24, 2.45) is 5.14 Å². The van der Waals surface area contributed by atoms with Gasteiger partial charge in [0.05, 0.1) is 30.1 Å². The highest BCUT2D eigenvalue weighted by Gasteiger charge is 2.40. The van der Waals surface area contributed by atoms with Gasteiger partial charge in [-0.15, -0.1) is 11.8 Å². The number of benzene rings is 4. The summed E-state index contributed by atoms with van der Waals surface area (Å²) in [6.45, 7) is 0. The van der Waals surface area contributed by atoms with Crippen LogP contribution in [0.25, 0.3) is 6.08 Å². The Hall–Kier alpha value is -5.44. The fraction of sp³-hybridized carbons (Fsp3) is 0.118. The van der Waals surface area contributed by atoms with E-state index in [2.05, 4.69) is 10.6 Å². The van der Waals surface area contributed by atoms with E-state index >= 15 is 0 Å². The van der Waals surface area contributed by atoms with Crippen LogP contribution in [-0.4, -0.2) is 51.5 Å². The fourth-order valence-electron chi connectivity index (χ4n) is 4.78. The molecular formula is C34H30N4O8S2. The maximum atomic E-state index is 13.5. The zero-order valence-corrected chi connectivity index (χ0v) is 27.3. The molecule has 1 unspecified atom stereocenters. The molecule has 1 aliphatic heterocycles. The highest BCUT2D eigenvalue weighted by atomic mass is 32.2. The van der Waals surface area contributed by atoms with Gasteiger partial charge in [0.2, 0.25) is 21.8 Å². The van der Waals surface area contributed by atoms with Crippen molar-refractivity contribution in [1.29, 1.82) is 0 Å². The fourth-order valence-corrected chi connectivity index (χ4v) is 6.35. The summed E-state index contributed by atoms with van der Waals surface area (Å²) >= 11 is 1.18. The van der Waals surface area contributed by atoms with Gasteiger partial charge in [0.15, 0.2) is 0 Å². The molecule has 48 heavy (non-hydrogen) atoms. The number of nitrogens with zero attached hydrogens (tertiary/aromatic N) is 1. The Morgan fingerprint density at radius 3 is 2.23 bits per heavy atom. The van der Waals surface area contributed by atoms with Crippen molar-refractivity contribution in [3.05, 3.63) is 114 Å². The number of sulfonamides is 1. The molecule has 1 heterocycles. The summed E-state index contributed by atoms with van der Waals surface area (Å²) < 4.78 is 33.9. The Bertz CT molecular complexity index is 2000. The molecule has 0 aromatic heterocycles. The molecule has 1 saturated heterocycles. The molecular weight excluding hydrogens is 657 g/mol. The number of nitrogens with one attached hydrogen (secondary N) is 2. The average Bonchev–Trinajstić information content (AvgIpc) is 3.36. The zero-order chi connectivity index (χ0) is 34.4. The van der Waals surface area contributed by atoms with E-state index in [4.69, 9.17) is 14.6 Å². The molecule has 0 radical (unpaired) electrons. The maximum absolute atomic E-state index is 13.5. The van der Waals surface area contributed by atoms with Gasteiger partial charge in [-0.05, 0) is 84.9 Å². The first kappa shape index (κ1) is 33.9. The first-order valence-electron chi connectivity index (χ1n) is 14.3. The Kier molecular flexibility index (Phi) is 10.3. The van der Waals surface area contributed by atoms with Gasteiger partial charge in [-0.2, -0.15) is 0 Å². The van der Waals surface area contributed by atoms with Gasteiger partial charge >= 0.3 is 0 Å². The molecule has 0 spiro atoms. The van der Waals surface area contributed by atoms with E-state index < -0.39 is 38.9 Å². The van der Waals surface area contributed by atoms with Gasteiger partial charge in [-0.3, -0.25) is 19.2 Å². The van der Waals surface area contributed by atoms with Crippen LogP contribution in [0.4, 0.5) is 11.4 Å². The number of ether oxygens (including phenoxy) is 2. The van der Waals surface area contributed by atoms with Crippen molar-refractivity contribution >= 4 is 62.9 Å². The standard InChI is InChI=1S/C34H30N4O8S2/c1-45-25-12-17-29(46-2)22(18-25)19-28(37-32(40)21-6-4-3-5-7-21)33(41)36-23-8-13-26(14-9-23)47-30-20-31(39)38(34(30)42)24-10-15-27(16-11-24)48(35,43)44/h3-19,30H,20H2,1-2H3,(H,36,41)(H,37,40)(H2,35,43,44)/b28-19-. The Balaban J connectivity index is 1.31. The van der Waals surface area contributed by atoms with Crippen molar-refractivity contribution in [3.8, 4) is 11.5 Å². The van der Waals surface area contributed by atoms with Gasteiger partial charge in [0.25, 0.3) is 11.8 Å². The molecule has 5 rings (SSSR count). The van der Waals surface area contributed by atoms with E-state index in [1.165, 1.54) is 56.3 Å². The van der Waals surface area contributed by atoms with E-state index in [0.29, 0.717) is 33.2 Å². The number of hydrogen-bond acceptors (Lipinski definition) is 9. The first-order chi connectivity index (χ1) is 23.0. The van der Waals surface area contributed by atoms with Crippen molar-refractivity contribution in [2.75, 3.05) is 24.4 Å². The number of rotatable bonds is 11. The monoisotopic (exact) mass is 686 g/mol. The van der Waals surface area contributed by atoms with Crippen LogP contribution in [0, 0.1) is 0 Å². The molecule has 14 heteroatoms. The van der Waals surface area contributed by atoms with Crippen LogP contribution in [-0.2, 0) is 24.4 Å². The third kappa shape index (κ3) is 7.91. The molecule has 4 aromatic rings. The lowest BCUT2D eigenvalue weighted by molar-refractivity contribution is -0.121. The number of amides is 4. The average molecular weight is 687 g/mol. The van der Waals surface area contributed by atoms with Gasteiger partial charge in [-0.25, -0.2) is 18.5 Å². The lowest BCUT2D eigenvalue weighted by Gasteiger charge is -2.15. The summed E-state index contributed by atoms with van der Waals surface area (Å²) in [5.41, 5.74) is 1.45. The molecule has 1 aliphatic rings. The minimum absolute atomic E-state index is 0.0536. The minimum Gasteiger partial charge on any atom is -0.497 e. The van der Waals surface area contributed by atoms with E-state index in [-0.39, 0.29) is 22.7 Å². The van der Waals surface area contributed by atoms with Gasteiger partial charge in [0.1, 0.15) is 17.2 Å². The van der Waals surface area contributed by atoms with Gasteiger partial charge in [-0.1, -0.05) is 18.2 Å². The van der Waals surface area contributed by atoms with Gasteiger partial charge in [0, 0.05) is 28.1 Å². The summed E-state index contributed by atoms with van der Waals surface area (Å²) in [6.07, 6.45) is 1.43. The Morgan fingerprint density at radius 1 is 0.917 bits per heavy atom. The molecule has 4 amide bonds. The van der Waals surface area contributed by atoms with Crippen LogP contribution in [0.1, 0.15) is 22.3 Å². The number of methoxy groups -OCH3 is 2. The largest absolute Gasteiger partial charge is 0.497 e. The second-order valence-electron chi connectivity index (χ2n) is 10.4. The van der Waals surface area contributed by atoms with Crippen LogP contribution < -0.4 is 30.1 Å². The SMILES string of the molecule is COc1ccc(OC)c(/C=C(\NC(=O)c2ccccc2)C(=O)Nc2ccc(SC3CC(=O)N(c4ccc(S(N)(=O)=O)cc4)C3=O)cc2)c1. The van der Waals surface area contributed by atoms with E-state index in [1.54, 1.807) is 72.8 Å². The third-order valence-corrected chi connectivity index (χ3v) is 9.31. The minimum atomic E-state index is -3.92. The van der Waals surface area contributed by atoms with Crippen molar-refractivity contribution in [3.63, 3.8) is 0 Å². The van der Waals surface area contributed by atoms with Crippen LogP contribution in [0.2, 0.25) is 0 Å². The number of carbonyl (C=O) groups excluding carboxylic acids is 4. The van der Waals surface area contributed by atoms with E-state index in [9.17, 15) is 27.6 Å². The Morgan fingerprint density at radius 2 is 1.60 bits per heavy atom. The molecule has 1 atom stereocenters. The normalized spacial score (nSPS) is 14.9.